The van der Waals surface area contributed by atoms with E-state index < -0.39 is 17.4 Å². The Morgan fingerprint density at radius 2 is 2.06 bits per heavy atom. The number of halogens is 2. The van der Waals surface area contributed by atoms with E-state index in [-0.39, 0.29) is 18.6 Å². The van der Waals surface area contributed by atoms with Crippen molar-refractivity contribution >= 4 is 13.7 Å². The van der Waals surface area contributed by atoms with Crippen molar-refractivity contribution in [3.05, 3.63) is 35.4 Å². The number of hydrogen-bond donors (Lipinski definition) is 1. The van der Waals surface area contributed by atoms with Crippen LogP contribution in [0.5, 0.6) is 0 Å². The number of benzene rings is 1. The Kier molecular flexibility index (Phi) is 3.42. The van der Waals surface area contributed by atoms with E-state index in [4.69, 9.17) is 12.6 Å². The molecule has 1 aromatic carbocycles. The van der Waals surface area contributed by atoms with E-state index in [2.05, 4.69) is 5.32 Å². The fraction of sp³-hybridized carbons (Fsp3) is 0.364. The Bertz CT molecular complexity index is 417. The van der Waals surface area contributed by atoms with Gasteiger partial charge in [0.1, 0.15) is 17.7 Å². The summed E-state index contributed by atoms with van der Waals surface area (Å²) in [7, 11) is 5.02. The van der Waals surface area contributed by atoms with Gasteiger partial charge in [0, 0.05) is 6.07 Å². The molecule has 88 valence electrons. The monoisotopic (exact) mass is 237 g/mol. The van der Waals surface area contributed by atoms with E-state index in [1.807, 2.05) is 0 Å². The topological polar surface area (TPSA) is 41.6 Å². The molecular weight excluding hydrogens is 227 g/mol. The average Bonchev–Trinajstić information content (AvgIpc) is 2.96. The first-order valence-corrected chi connectivity index (χ1v) is 5.17. The highest BCUT2D eigenvalue weighted by Crippen LogP contribution is 2.19. The minimum atomic E-state index is -0.678. The van der Waals surface area contributed by atoms with Crippen molar-refractivity contribution < 1.29 is 18.3 Å². The highest BCUT2D eigenvalue weighted by Gasteiger charge is 2.33. The third-order valence-electron chi connectivity index (χ3n) is 2.51. The van der Waals surface area contributed by atoms with E-state index in [0.717, 1.165) is 6.07 Å². The lowest BCUT2D eigenvalue weighted by atomic mass is 10.0. The largest absolute Gasteiger partial charge is 0.371 e. The summed E-state index contributed by atoms with van der Waals surface area (Å²) in [4.78, 5) is 10.8. The highest BCUT2D eigenvalue weighted by molar-refractivity contribution is 6.57. The first kappa shape index (κ1) is 12.0. The van der Waals surface area contributed by atoms with E-state index in [1.54, 1.807) is 0 Å². The van der Waals surface area contributed by atoms with Crippen molar-refractivity contribution in [2.24, 2.45) is 0 Å². The molecule has 0 aliphatic carbocycles. The minimum Gasteiger partial charge on any atom is -0.371 e. The first-order valence-electron chi connectivity index (χ1n) is 5.17. The van der Waals surface area contributed by atoms with Crippen LogP contribution in [0.4, 0.5) is 13.6 Å². The summed E-state index contributed by atoms with van der Waals surface area (Å²) in [5.74, 6) is -1.97. The summed E-state index contributed by atoms with van der Waals surface area (Å²) in [6, 6.07) is 2.89. The molecule has 0 bridgehead atoms. The Balaban J connectivity index is 2.08. The molecule has 1 amide bonds. The lowest BCUT2D eigenvalue weighted by Crippen LogP contribution is -2.39. The van der Waals surface area contributed by atoms with Crippen molar-refractivity contribution in [1.82, 2.24) is 5.32 Å². The summed E-state index contributed by atoms with van der Waals surface area (Å²) in [6.45, 7) is 0.517. The van der Waals surface area contributed by atoms with Crippen LogP contribution in [0.25, 0.3) is 0 Å². The molecular formula is C11H10BF2NO2. The predicted molar refractivity (Wildman–Crippen MR) is 57.9 cm³/mol. The summed E-state index contributed by atoms with van der Waals surface area (Å²) in [5, 5.41) is 2.50. The molecule has 1 aromatic rings. The average molecular weight is 237 g/mol. The van der Waals surface area contributed by atoms with Crippen LogP contribution in [0.15, 0.2) is 18.2 Å². The van der Waals surface area contributed by atoms with Crippen LogP contribution < -0.4 is 5.32 Å². The number of rotatable bonds is 4. The molecule has 3 nitrogen and oxygen atoms in total. The Labute approximate surface area is 98.6 Å². The Morgan fingerprint density at radius 1 is 1.47 bits per heavy atom. The maximum absolute atomic E-state index is 13.0. The van der Waals surface area contributed by atoms with E-state index in [0.29, 0.717) is 12.2 Å². The maximum Gasteiger partial charge on any atom is 0.200 e. The lowest BCUT2D eigenvalue weighted by Gasteiger charge is -2.16. The molecule has 1 aliphatic heterocycles. The van der Waals surface area contributed by atoms with Crippen molar-refractivity contribution in [3.8, 4) is 0 Å². The van der Waals surface area contributed by atoms with Crippen LogP contribution in [-0.4, -0.2) is 32.4 Å². The van der Waals surface area contributed by atoms with Gasteiger partial charge in [-0.05, 0) is 24.1 Å². The fourth-order valence-electron chi connectivity index (χ4n) is 1.73. The van der Waals surface area contributed by atoms with E-state index >= 15 is 0 Å². The quantitative estimate of drug-likeness (QED) is 0.630. The molecule has 0 unspecified atom stereocenters. The van der Waals surface area contributed by atoms with Gasteiger partial charge < -0.3 is 10.1 Å². The summed E-state index contributed by atoms with van der Waals surface area (Å²) >= 11 is 0. The Hall–Kier alpha value is -1.43. The predicted octanol–water partition coefficient (Wildman–Crippen LogP) is 1.15. The van der Waals surface area contributed by atoms with Crippen LogP contribution in [0.1, 0.15) is 5.56 Å². The van der Waals surface area contributed by atoms with Crippen molar-refractivity contribution in [1.29, 1.82) is 0 Å². The molecule has 2 atom stereocenters. The zero-order chi connectivity index (χ0) is 12.4. The second-order valence-corrected chi connectivity index (χ2v) is 3.97. The smallest absolute Gasteiger partial charge is 0.200 e. The van der Waals surface area contributed by atoms with Gasteiger partial charge in [-0.1, -0.05) is 0 Å². The second kappa shape index (κ2) is 4.83. The van der Waals surface area contributed by atoms with Gasteiger partial charge in [0.05, 0.1) is 12.6 Å². The lowest BCUT2D eigenvalue weighted by molar-refractivity contribution is 0.251. The van der Waals surface area contributed by atoms with Crippen LogP contribution >= 0.6 is 0 Å². The second-order valence-electron chi connectivity index (χ2n) is 3.97. The van der Waals surface area contributed by atoms with Crippen LogP contribution in [-0.2, 0) is 11.2 Å². The minimum absolute atomic E-state index is 0.131. The van der Waals surface area contributed by atoms with Gasteiger partial charge in [0.15, 0.2) is 5.81 Å². The number of hydrogen-bond acceptors (Lipinski definition) is 2. The summed E-state index contributed by atoms with van der Waals surface area (Å²) < 4.78 is 31.0. The number of ether oxygens (including phenoxy) is 1. The van der Waals surface area contributed by atoms with Crippen molar-refractivity contribution in [2.45, 2.75) is 18.6 Å². The third-order valence-corrected chi connectivity index (χ3v) is 2.51. The van der Waals surface area contributed by atoms with Gasteiger partial charge in [-0.25, -0.2) is 8.78 Å². The molecule has 1 heterocycles. The zero-order valence-corrected chi connectivity index (χ0v) is 8.95. The van der Waals surface area contributed by atoms with Crippen molar-refractivity contribution in [2.75, 3.05) is 6.61 Å². The molecule has 6 heteroatoms. The van der Waals surface area contributed by atoms with Crippen LogP contribution in [0.3, 0.4) is 0 Å². The molecule has 2 radical (unpaired) electrons. The fourth-order valence-corrected chi connectivity index (χ4v) is 1.73. The van der Waals surface area contributed by atoms with Gasteiger partial charge in [-0.2, -0.15) is 0 Å². The van der Waals surface area contributed by atoms with Crippen molar-refractivity contribution in [3.63, 3.8) is 0 Å². The molecule has 0 saturated carbocycles. The van der Waals surface area contributed by atoms with E-state index in [9.17, 15) is 13.6 Å². The van der Waals surface area contributed by atoms with Gasteiger partial charge in [-0.3, -0.25) is 4.79 Å². The number of carbonyl (C=O) groups excluding carboxylic acids is 1. The molecule has 0 spiro atoms. The van der Waals surface area contributed by atoms with Gasteiger partial charge in [0.2, 0.25) is 7.85 Å². The van der Waals surface area contributed by atoms with Crippen LogP contribution in [0.2, 0.25) is 0 Å². The summed E-state index contributed by atoms with van der Waals surface area (Å²) in [5.41, 5.74) is 0.455. The molecule has 1 saturated heterocycles. The number of carbonyl (C=O) groups is 1. The Morgan fingerprint density at radius 3 is 2.53 bits per heavy atom. The maximum atomic E-state index is 13.0. The standard InChI is InChI=1S/C11H10BF2NO2/c12-11(16)15-9(10-5-17-10)3-6-1-7(13)4-8(14)2-6/h1-2,4,9-10H,3,5H2,(H,15,16)/t9-,10-/m0/s1. The van der Waals surface area contributed by atoms with Gasteiger partial charge in [0.25, 0.3) is 0 Å². The SMILES string of the molecule is [B]C(=O)N[C@@H](Cc1cc(F)cc(F)c1)[C@@H]1CO1. The normalized spacial score (nSPS) is 19.8. The molecule has 1 fully saturated rings. The highest BCUT2D eigenvalue weighted by atomic mass is 19.1. The number of nitrogens with one attached hydrogen (secondary N) is 1. The van der Waals surface area contributed by atoms with Gasteiger partial charge >= 0.3 is 0 Å². The molecule has 1 N–H and O–H groups in total. The molecule has 2 rings (SSSR count). The zero-order valence-electron chi connectivity index (χ0n) is 8.95. The first-order chi connectivity index (χ1) is 8.04. The number of epoxide rings is 1. The molecule has 1 aliphatic rings. The van der Waals surface area contributed by atoms with Crippen LogP contribution in [0, 0.1) is 11.6 Å². The molecule has 17 heavy (non-hydrogen) atoms. The third kappa shape index (κ3) is 3.52. The summed E-state index contributed by atoms with van der Waals surface area (Å²) in [6.07, 6.45) is 0.149. The molecule has 0 aromatic heterocycles. The number of amides is 1. The van der Waals surface area contributed by atoms with Gasteiger partial charge in [-0.15, -0.1) is 0 Å². The van der Waals surface area contributed by atoms with E-state index in [1.165, 1.54) is 12.1 Å².